The molecule has 0 heterocycles. The molecule has 1 atom stereocenters. The van der Waals surface area contributed by atoms with Gasteiger partial charge < -0.3 is 15.4 Å². The van der Waals surface area contributed by atoms with Crippen LogP contribution in [-0.4, -0.2) is 24.4 Å². The van der Waals surface area contributed by atoms with E-state index in [1.54, 1.807) is 32.0 Å². The number of nitrogens with one attached hydrogen (secondary N) is 2. The smallest absolute Gasteiger partial charge is 0.340 e. The molecule has 27 heavy (non-hydrogen) atoms. The third-order valence-electron chi connectivity index (χ3n) is 4.11. The third-order valence-corrected chi connectivity index (χ3v) is 4.11. The third kappa shape index (κ3) is 5.41. The van der Waals surface area contributed by atoms with E-state index in [4.69, 9.17) is 4.74 Å². The van der Waals surface area contributed by atoms with Crippen molar-refractivity contribution in [2.75, 3.05) is 11.9 Å². The zero-order valence-electron chi connectivity index (χ0n) is 15.7. The van der Waals surface area contributed by atoms with Crippen molar-refractivity contribution in [1.29, 1.82) is 0 Å². The second kappa shape index (κ2) is 9.52. The van der Waals surface area contributed by atoms with Crippen LogP contribution >= 0.6 is 0 Å². The molecule has 2 rings (SSSR count). The van der Waals surface area contributed by atoms with E-state index in [9.17, 15) is 14.4 Å². The number of esters is 1. The van der Waals surface area contributed by atoms with Gasteiger partial charge >= 0.3 is 17.8 Å². The molecule has 2 N–H and O–H groups in total. The molecule has 2 aromatic carbocycles. The number of para-hydroxylation sites is 1. The van der Waals surface area contributed by atoms with Gasteiger partial charge in [-0.25, -0.2) is 4.79 Å². The van der Waals surface area contributed by atoms with Gasteiger partial charge in [0, 0.05) is 0 Å². The van der Waals surface area contributed by atoms with Crippen LogP contribution in [0.15, 0.2) is 48.5 Å². The highest BCUT2D eigenvalue weighted by atomic mass is 16.5. The summed E-state index contributed by atoms with van der Waals surface area (Å²) < 4.78 is 4.96. The molecule has 0 bridgehead atoms. The average Bonchev–Trinajstić information content (AvgIpc) is 2.68. The predicted molar refractivity (Wildman–Crippen MR) is 103 cm³/mol. The Morgan fingerprint density at radius 2 is 1.63 bits per heavy atom. The number of amides is 2. The van der Waals surface area contributed by atoms with Gasteiger partial charge in [0.15, 0.2) is 0 Å². The normalized spacial score (nSPS) is 11.4. The topological polar surface area (TPSA) is 84.5 Å². The Hall–Kier alpha value is -3.15. The van der Waals surface area contributed by atoms with Crippen LogP contribution in [-0.2, 0) is 20.7 Å². The van der Waals surface area contributed by atoms with Crippen LogP contribution in [0.3, 0.4) is 0 Å². The van der Waals surface area contributed by atoms with Gasteiger partial charge in [-0.3, -0.25) is 9.59 Å². The maximum absolute atomic E-state index is 12.2. The molecule has 0 aromatic heterocycles. The molecule has 6 nitrogen and oxygen atoms in total. The van der Waals surface area contributed by atoms with Gasteiger partial charge in [0.1, 0.15) is 0 Å². The Morgan fingerprint density at radius 3 is 2.26 bits per heavy atom. The number of carbonyl (C=O) groups is 3. The molecule has 142 valence electrons. The van der Waals surface area contributed by atoms with Crippen molar-refractivity contribution in [3.8, 4) is 0 Å². The van der Waals surface area contributed by atoms with E-state index in [1.165, 1.54) is 11.6 Å². The number of aryl methyl sites for hydroxylation is 1. The van der Waals surface area contributed by atoms with Crippen LogP contribution in [0.5, 0.6) is 0 Å². The van der Waals surface area contributed by atoms with Crippen LogP contribution in [0.4, 0.5) is 5.69 Å². The zero-order valence-corrected chi connectivity index (χ0v) is 15.7. The largest absolute Gasteiger partial charge is 0.462 e. The van der Waals surface area contributed by atoms with Crippen molar-refractivity contribution >= 4 is 23.5 Å². The second-order valence-corrected chi connectivity index (χ2v) is 6.01. The predicted octanol–water partition coefficient (Wildman–Crippen LogP) is 3.24. The summed E-state index contributed by atoms with van der Waals surface area (Å²) in [7, 11) is 0. The number of benzene rings is 2. The fourth-order valence-corrected chi connectivity index (χ4v) is 2.55. The highest BCUT2D eigenvalue weighted by Gasteiger charge is 2.20. The SMILES string of the molecule is CCOC(=O)c1ccccc1NC(=O)C(=O)NC(C)c1ccc(CC)cc1. The van der Waals surface area contributed by atoms with Gasteiger partial charge in [0.2, 0.25) is 0 Å². The Labute approximate surface area is 158 Å². The Balaban J connectivity index is 2.03. The lowest BCUT2D eigenvalue weighted by Crippen LogP contribution is -2.37. The maximum atomic E-state index is 12.2. The zero-order chi connectivity index (χ0) is 19.8. The highest BCUT2D eigenvalue weighted by molar-refractivity contribution is 6.40. The van der Waals surface area contributed by atoms with Crippen LogP contribution in [0.25, 0.3) is 0 Å². The minimum absolute atomic E-state index is 0.198. The Morgan fingerprint density at radius 1 is 0.963 bits per heavy atom. The molecular weight excluding hydrogens is 344 g/mol. The first kappa shape index (κ1) is 20.2. The first-order valence-corrected chi connectivity index (χ1v) is 8.93. The number of hydrogen-bond acceptors (Lipinski definition) is 4. The highest BCUT2D eigenvalue weighted by Crippen LogP contribution is 2.17. The number of carbonyl (C=O) groups excluding carboxylic acids is 3. The summed E-state index contributed by atoms with van der Waals surface area (Å²) in [4.78, 5) is 36.4. The summed E-state index contributed by atoms with van der Waals surface area (Å²) in [6, 6.07) is 13.9. The lowest BCUT2D eigenvalue weighted by molar-refractivity contribution is -0.136. The van der Waals surface area contributed by atoms with E-state index >= 15 is 0 Å². The van der Waals surface area contributed by atoms with Crippen molar-refractivity contribution in [3.63, 3.8) is 0 Å². The average molecular weight is 368 g/mol. The molecule has 0 saturated carbocycles. The Bertz CT molecular complexity index is 815. The number of anilines is 1. The summed E-state index contributed by atoms with van der Waals surface area (Å²) in [6.07, 6.45) is 0.934. The van der Waals surface area contributed by atoms with Crippen molar-refractivity contribution in [2.45, 2.75) is 33.2 Å². The standard InChI is InChI=1S/C21H24N2O4/c1-4-15-10-12-16(13-11-15)14(3)22-19(24)20(25)23-18-9-7-6-8-17(18)21(26)27-5-2/h6-14H,4-5H2,1-3H3,(H,22,24)(H,23,25). The van der Waals surface area contributed by atoms with E-state index in [0.717, 1.165) is 12.0 Å². The van der Waals surface area contributed by atoms with E-state index in [0.29, 0.717) is 0 Å². The summed E-state index contributed by atoms with van der Waals surface area (Å²) in [5.74, 6) is -2.18. The van der Waals surface area contributed by atoms with Gasteiger partial charge in [0.05, 0.1) is 23.9 Å². The monoisotopic (exact) mass is 368 g/mol. The molecule has 0 aliphatic rings. The van der Waals surface area contributed by atoms with Gasteiger partial charge in [-0.2, -0.15) is 0 Å². The minimum Gasteiger partial charge on any atom is -0.462 e. The number of hydrogen-bond donors (Lipinski definition) is 2. The molecule has 0 radical (unpaired) electrons. The van der Waals surface area contributed by atoms with Gasteiger partial charge in [0.25, 0.3) is 0 Å². The summed E-state index contributed by atoms with van der Waals surface area (Å²) in [6.45, 7) is 5.79. The Kier molecular flexibility index (Phi) is 7.11. The molecule has 0 aliphatic carbocycles. The fourth-order valence-electron chi connectivity index (χ4n) is 2.55. The van der Waals surface area contributed by atoms with E-state index in [2.05, 4.69) is 17.6 Å². The molecule has 1 unspecified atom stereocenters. The lowest BCUT2D eigenvalue weighted by Gasteiger charge is -2.15. The van der Waals surface area contributed by atoms with Crippen molar-refractivity contribution in [2.24, 2.45) is 0 Å². The summed E-state index contributed by atoms with van der Waals surface area (Å²) >= 11 is 0. The van der Waals surface area contributed by atoms with Crippen molar-refractivity contribution in [3.05, 3.63) is 65.2 Å². The van der Waals surface area contributed by atoms with Crippen LogP contribution < -0.4 is 10.6 Å². The molecule has 6 heteroatoms. The van der Waals surface area contributed by atoms with Gasteiger partial charge in [-0.05, 0) is 43.5 Å². The lowest BCUT2D eigenvalue weighted by atomic mass is 10.0. The number of ether oxygens (including phenoxy) is 1. The molecule has 2 aromatic rings. The van der Waals surface area contributed by atoms with Crippen molar-refractivity contribution < 1.29 is 19.1 Å². The van der Waals surface area contributed by atoms with Crippen LogP contribution in [0.2, 0.25) is 0 Å². The van der Waals surface area contributed by atoms with Crippen LogP contribution in [0.1, 0.15) is 48.3 Å². The van der Waals surface area contributed by atoms with Crippen molar-refractivity contribution in [1.82, 2.24) is 5.32 Å². The first-order valence-electron chi connectivity index (χ1n) is 8.93. The molecule has 0 saturated heterocycles. The summed E-state index contributed by atoms with van der Waals surface area (Å²) in [5, 5.41) is 5.13. The molecule has 2 amide bonds. The number of rotatable bonds is 6. The quantitative estimate of drug-likeness (QED) is 0.605. The van der Waals surface area contributed by atoms with E-state index < -0.39 is 17.8 Å². The molecule has 0 aliphatic heterocycles. The van der Waals surface area contributed by atoms with Gasteiger partial charge in [-0.15, -0.1) is 0 Å². The molecular formula is C21H24N2O4. The summed E-state index contributed by atoms with van der Waals surface area (Å²) in [5.41, 5.74) is 2.53. The fraction of sp³-hybridized carbons (Fsp3) is 0.286. The minimum atomic E-state index is -0.844. The van der Waals surface area contributed by atoms with E-state index in [-0.39, 0.29) is 23.9 Å². The molecule has 0 spiro atoms. The van der Waals surface area contributed by atoms with E-state index in [1.807, 2.05) is 24.3 Å². The first-order chi connectivity index (χ1) is 13.0. The van der Waals surface area contributed by atoms with Gasteiger partial charge in [-0.1, -0.05) is 43.3 Å². The molecule has 0 fully saturated rings. The van der Waals surface area contributed by atoms with Crippen LogP contribution in [0, 0.1) is 0 Å². The maximum Gasteiger partial charge on any atom is 0.340 e. The second-order valence-electron chi connectivity index (χ2n) is 6.01.